The fourth-order valence-corrected chi connectivity index (χ4v) is 1.79. The van der Waals surface area contributed by atoms with E-state index in [0.29, 0.717) is 11.3 Å². The molecule has 0 saturated carbocycles. The maximum absolute atomic E-state index is 12.8. The maximum atomic E-state index is 12.8. The van der Waals surface area contributed by atoms with Crippen molar-refractivity contribution in [1.29, 1.82) is 0 Å². The van der Waals surface area contributed by atoms with Crippen molar-refractivity contribution in [2.75, 3.05) is 0 Å². The summed E-state index contributed by atoms with van der Waals surface area (Å²) in [6.07, 6.45) is -2.80. The molecule has 0 radical (unpaired) electrons. The van der Waals surface area contributed by atoms with E-state index in [-0.39, 0.29) is 11.5 Å². The summed E-state index contributed by atoms with van der Waals surface area (Å²) in [6, 6.07) is 8.94. The van der Waals surface area contributed by atoms with Gasteiger partial charge in [-0.25, -0.2) is 8.78 Å². The summed E-state index contributed by atoms with van der Waals surface area (Å²) in [5, 5.41) is 10.9. The van der Waals surface area contributed by atoms with Gasteiger partial charge in [-0.3, -0.25) is 4.79 Å². The Kier molecular flexibility index (Phi) is 3.37. The number of benzene rings is 1. The van der Waals surface area contributed by atoms with Gasteiger partial charge in [0.2, 0.25) is 17.6 Å². The van der Waals surface area contributed by atoms with Gasteiger partial charge in [-0.1, -0.05) is 0 Å². The largest absolute Gasteiger partial charge is 0.438 e. The minimum absolute atomic E-state index is 0.0843. The summed E-state index contributed by atoms with van der Waals surface area (Å²) in [5.41, 5.74) is 5.65. The van der Waals surface area contributed by atoms with Crippen LogP contribution in [0.15, 0.2) is 36.4 Å². The molecule has 1 amide bonds. The molecule has 3 aromatic rings. The molecule has 22 heavy (non-hydrogen) atoms. The van der Waals surface area contributed by atoms with Gasteiger partial charge in [0.1, 0.15) is 5.75 Å². The number of ether oxygens (including phenoxy) is 1. The highest BCUT2D eigenvalue weighted by atomic mass is 19.3. The molecule has 2 aromatic heterocycles. The van der Waals surface area contributed by atoms with Crippen LogP contribution in [0.2, 0.25) is 0 Å². The predicted octanol–water partition coefficient (Wildman–Crippen LogP) is 1.95. The van der Waals surface area contributed by atoms with E-state index in [9.17, 15) is 13.6 Å². The van der Waals surface area contributed by atoms with Crippen LogP contribution in [0.25, 0.3) is 5.65 Å². The Morgan fingerprint density at radius 2 is 1.86 bits per heavy atom. The number of aromatic nitrogens is 4. The van der Waals surface area contributed by atoms with E-state index in [4.69, 9.17) is 10.5 Å². The van der Waals surface area contributed by atoms with E-state index < -0.39 is 18.2 Å². The van der Waals surface area contributed by atoms with Gasteiger partial charge in [-0.15, -0.1) is 15.3 Å². The molecule has 9 heteroatoms. The minimum Gasteiger partial charge on any atom is -0.438 e. The highest BCUT2D eigenvalue weighted by Gasteiger charge is 2.17. The number of hydrogen-bond acceptors (Lipinski definition) is 5. The first-order valence-electron chi connectivity index (χ1n) is 6.13. The van der Waals surface area contributed by atoms with Crippen molar-refractivity contribution < 1.29 is 18.3 Å². The fraction of sp³-hybridized carbons (Fsp3) is 0.0769. The second-order valence-electron chi connectivity index (χ2n) is 4.29. The van der Waals surface area contributed by atoms with Gasteiger partial charge in [0, 0.05) is 11.6 Å². The van der Waals surface area contributed by atoms with Gasteiger partial charge < -0.3 is 10.5 Å². The van der Waals surface area contributed by atoms with Crippen LogP contribution in [0.5, 0.6) is 11.6 Å². The number of nitrogens with two attached hydrogens (primary N) is 1. The first kappa shape index (κ1) is 13.9. The Labute approximate surface area is 122 Å². The Hall–Kier alpha value is -3.10. The Morgan fingerprint density at radius 3 is 2.50 bits per heavy atom. The van der Waals surface area contributed by atoms with Gasteiger partial charge in [0.05, 0.1) is 0 Å². The summed E-state index contributed by atoms with van der Waals surface area (Å²) in [7, 11) is 0. The van der Waals surface area contributed by atoms with Gasteiger partial charge in [-0.05, 0) is 30.3 Å². The summed E-state index contributed by atoms with van der Waals surface area (Å²) in [6.45, 7) is 0. The van der Waals surface area contributed by atoms with Crippen molar-refractivity contribution in [2.45, 2.75) is 6.43 Å². The lowest BCUT2D eigenvalue weighted by atomic mass is 10.2. The van der Waals surface area contributed by atoms with Gasteiger partial charge >= 0.3 is 0 Å². The van der Waals surface area contributed by atoms with Gasteiger partial charge in [0.25, 0.3) is 6.43 Å². The number of nitrogens with zero attached hydrogens (tertiary/aromatic N) is 4. The summed E-state index contributed by atoms with van der Waals surface area (Å²) < 4.78 is 31.9. The molecule has 0 spiro atoms. The van der Waals surface area contributed by atoms with Gasteiger partial charge in [0.15, 0.2) is 5.65 Å². The molecule has 3 rings (SSSR count). The molecule has 1 aromatic carbocycles. The summed E-state index contributed by atoms with van der Waals surface area (Å²) >= 11 is 0. The third-order valence-corrected chi connectivity index (χ3v) is 2.82. The average molecular weight is 305 g/mol. The van der Waals surface area contributed by atoms with Crippen molar-refractivity contribution in [1.82, 2.24) is 19.8 Å². The van der Waals surface area contributed by atoms with E-state index in [1.165, 1.54) is 36.4 Å². The first-order chi connectivity index (χ1) is 10.5. The molecule has 0 unspecified atom stereocenters. The number of alkyl halides is 2. The second-order valence-corrected chi connectivity index (χ2v) is 4.29. The number of carbonyl (C=O) groups excluding carboxylic acids is 1. The second kappa shape index (κ2) is 5.35. The van der Waals surface area contributed by atoms with Crippen molar-refractivity contribution in [3.63, 3.8) is 0 Å². The number of hydrogen-bond donors (Lipinski definition) is 1. The van der Waals surface area contributed by atoms with Crippen molar-refractivity contribution >= 4 is 11.6 Å². The zero-order valence-corrected chi connectivity index (χ0v) is 11.0. The fourth-order valence-electron chi connectivity index (χ4n) is 1.79. The highest BCUT2D eigenvalue weighted by Crippen LogP contribution is 2.22. The van der Waals surface area contributed by atoms with Crippen LogP contribution >= 0.6 is 0 Å². The standard InChI is InChI=1S/C13H9F2N5O2/c14-11(15)13-18-17-9-5-6-10(19-20(9)13)22-8-3-1-7(2-4-8)12(16)21/h1-6,11H,(H2,16,21). The van der Waals surface area contributed by atoms with Crippen LogP contribution in [-0.4, -0.2) is 25.7 Å². The molecule has 0 saturated heterocycles. The first-order valence-corrected chi connectivity index (χ1v) is 6.13. The zero-order chi connectivity index (χ0) is 15.7. The van der Waals surface area contributed by atoms with Gasteiger partial charge in [-0.2, -0.15) is 4.52 Å². The highest BCUT2D eigenvalue weighted by molar-refractivity contribution is 5.92. The van der Waals surface area contributed by atoms with E-state index >= 15 is 0 Å². The molecule has 2 heterocycles. The molecular formula is C13H9F2N5O2. The lowest BCUT2D eigenvalue weighted by molar-refractivity contribution is 0.1000. The molecular weight excluding hydrogens is 296 g/mol. The zero-order valence-electron chi connectivity index (χ0n) is 11.0. The number of fused-ring (bicyclic) bond motifs is 1. The normalized spacial score (nSPS) is 11.0. The molecule has 0 bridgehead atoms. The van der Waals surface area contributed by atoms with E-state index in [0.717, 1.165) is 4.52 Å². The third kappa shape index (κ3) is 2.55. The van der Waals surface area contributed by atoms with Crippen LogP contribution in [0.4, 0.5) is 8.78 Å². The third-order valence-electron chi connectivity index (χ3n) is 2.82. The molecule has 0 aliphatic rings. The predicted molar refractivity (Wildman–Crippen MR) is 70.8 cm³/mol. The monoisotopic (exact) mass is 305 g/mol. The molecule has 0 aliphatic carbocycles. The number of amides is 1. The number of carbonyl (C=O) groups is 1. The molecule has 0 fully saturated rings. The van der Waals surface area contributed by atoms with Crippen LogP contribution in [0, 0.1) is 0 Å². The number of halogens is 2. The van der Waals surface area contributed by atoms with Crippen molar-refractivity contribution in [3.05, 3.63) is 47.8 Å². The Bertz CT molecular complexity index is 832. The van der Waals surface area contributed by atoms with E-state index in [1.54, 1.807) is 0 Å². The topological polar surface area (TPSA) is 95.4 Å². The summed E-state index contributed by atoms with van der Waals surface area (Å²) in [4.78, 5) is 11.0. The summed E-state index contributed by atoms with van der Waals surface area (Å²) in [5.74, 6) is -0.661. The van der Waals surface area contributed by atoms with E-state index in [2.05, 4.69) is 15.3 Å². The Morgan fingerprint density at radius 1 is 1.14 bits per heavy atom. The smallest absolute Gasteiger partial charge is 0.299 e. The number of rotatable bonds is 4. The maximum Gasteiger partial charge on any atom is 0.299 e. The lowest BCUT2D eigenvalue weighted by Gasteiger charge is -2.05. The molecule has 0 aliphatic heterocycles. The SMILES string of the molecule is NC(=O)c1ccc(Oc2ccc3nnc(C(F)F)n3n2)cc1. The quantitative estimate of drug-likeness (QED) is 0.795. The van der Waals surface area contributed by atoms with Crippen LogP contribution in [0.3, 0.4) is 0 Å². The lowest BCUT2D eigenvalue weighted by Crippen LogP contribution is -2.10. The van der Waals surface area contributed by atoms with Crippen molar-refractivity contribution in [3.8, 4) is 11.6 Å². The van der Waals surface area contributed by atoms with E-state index in [1.807, 2.05) is 0 Å². The van der Waals surface area contributed by atoms with Crippen LogP contribution in [-0.2, 0) is 0 Å². The number of primary amides is 1. The minimum atomic E-state index is -2.80. The van der Waals surface area contributed by atoms with Crippen LogP contribution in [0.1, 0.15) is 22.6 Å². The molecule has 7 nitrogen and oxygen atoms in total. The van der Waals surface area contributed by atoms with Crippen molar-refractivity contribution in [2.24, 2.45) is 5.73 Å². The molecule has 0 atom stereocenters. The van der Waals surface area contributed by atoms with Crippen LogP contribution < -0.4 is 10.5 Å². The average Bonchev–Trinajstić information content (AvgIpc) is 2.91. The Balaban J connectivity index is 1.90. The molecule has 2 N–H and O–H groups in total. The molecule has 112 valence electrons.